The molecule has 1 saturated carbocycles. The molecule has 0 atom stereocenters. The zero-order valence-electron chi connectivity index (χ0n) is 6.22. The van der Waals surface area contributed by atoms with Crippen molar-refractivity contribution in [1.82, 2.24) is 5.48 Å². The van der Waals surface area contributed by atoms with Crippen LogP contribution in [-0.4, -0.2) is 12.0 Å². The summed E-state index contributed by atoms with van der Waals surface area (Å²) in [5.74, 6) is -0.0353. The lowest BCUT2D eigenvalue weighted by atomic mass is 9.97. The van der Waals surface area contributed by atoms with Crippen molar-refractivity contribution < 1.29 is 9.63 Å². The summed E-state index contributed by atoms with van der Waals surface area (Å²) >= 11 is 0. The van der Waals surface area contributed by atoms with Crippen LogP contribution in [0.25, 0.3) is 0 Å². The van der Waals surface area contributed by atoms with Crippen molar-refractivity contribution in [3.05, 3.63) is 0 Å². The van der Waals surface area contributed by atoms with Gasteiger partial charge < -0.3 is 0 Å². The van der Waals surface area contributed by atoms with E-state index in [0.717, 1.165) is 12.8 Å². The molecular formula is C7H13NO2. The molecule has 3 heteroatoms. The topological polar surface area (TPSA) is 38.3 Å². The maximum atomic E-state index is 10.6. The fraction of sp³-hybridized carbons (Fsp3) is 0.857. The van der Waals surface area contributed by atoms with E-state index >= 15 is 0 Å². The molecule has 1 aliphatic carbocycles. The van der Waals surface area contributed by atoms with Gasteiger partial charge in [0, 0.05) is 6.42 Å². The van der Waals surface area contributed by atoms with Gasteiger partial charge in [0.05, 0.1) is 6.10 Å². The molecule has 0 aliphatic heterocycles. The second kappa shape index (κ2) is 3.56. The van der Waals surface area contributed by atoms with Gasteiger partial charge in [0.1, 0.15) is 0 Å². The molecule has 0 aromatic carbocycles. The van der Waals surface area contributed by atoms with Crippen molar-refractivity contribution in [1.29, 1.82) is 0 Å². The Morgan fingerprint density at radius 1 is 1.70 bits per heavy atom. The summed E-state index contributed by atoms with van der Waals surface area (Å²) in [6, 6.07) is 0. The van der Waals surface area contributed by atoms with Gasteiger partial charge in [0.25, 0.3) is 0 Å². The van der Waals surface area contributed by atoms with Crippen molar-refractivity contribution in [3.63, 3.8) is 0 Å². The van der Waals surface area contributed by atoms with Crippen LogP contribution in [0.15, 0.2) is 0 Å². The second-order valence-corrected chi connectivity index (χ2v) is 2.55. The van der Waals surface area contributed by atoms with Gasteiger partial charge in [-0.25, -0.2) is 5.48 Å². The molecule has 10 heavy (non-hydrogen) atoms. The third-order valence-corrected chi connectivity index (χ3v) is 1.71. The summed E-state index contributed by atoms with van der Waals surface area (Å²) in [7, 11) is 0. The molecule has 1 aliphatic rings. The van der Waals surface area contributed by atoms with Crippen LogP contribution in [0, 0.1) is 0 Å². The van der Waals surface area contributed by atoms with E-state index in [1.54, 1.807) is 6.92 Å². The van der Waals surface area contributed by atoms with Gasteiger partial charge in [-0.1, -0.05) is 6.92 Å². The number of hydrogen-bond acceptors (Lipinski definition) is 2. The Morgan fingerprint density at radius 2 is 2.40 bits per heavy atom. The number of carbonyl (C=O) groups excluding carboxylic acids is 1. The minimum Gasteiger partial charge on any atom is -0.273 e. The minimum atomic E-state index is -0.0353. The molecular weight excluding hydrogens is 130 g/mol. The standard InChI is InChI=1S/C7H13NO2/c1-2-7(9)8-10-6-4-3-5-6/h6H,2-5H2,1H3,(H,8,9). The van der Waals surface area contributed by atoms with Crippen LogP contribution in [0.3, 0.4) is 0 Å². The lowest BCUT2D eigenvalue weighted by Crippen LogP contribution is -2.32. The SMILES string of the molecule is CCC(=O)NOC1CCC1. The highest BCUT2D eigenvalue weighted by Gasteiger charge is 2.18. The number of nitrogens with one attached hydrogen (secondary N) is 1. The molecule has 1 amide bonds. The number of amides is 1. The lowest BCUT2D eigenvalue weighted by Gasteiger charge is -2.24. The van der Waals surface area contributed by atoms with E-state index in [1.807, 2.05) is 0 Å². The van der Waals surface area contributed by atoms with Crippen LogP contribution in [0.4, 0.5) is 0 Å². The van der Waals surface area contributed by atoms with Gasteiger partial charge in [0.15, 0.2) is 0 Å². The van der Waals surface area contributed by atoms with Crippen LogP contribution in [0.5, 0.6) is 0 Å². The normalized spacial score (nSPS) is 18.1. The molecule has 3 nitrogen and oxygen atoms in total. The fourth-order valence-corrected chi connectivity index (χ4v) is 0.710. The molecule has 1 N–H and O–H groups in total. The lowest BCUT2D eigenvalue weighted by molar-refractivity contribution is -0.142. The molecule has 0 heterocycles. The molecule has 1 fully saturated rings. The Balaban J connectivity index is 1.98. The van der Waals surface area contributed by atoms with Crippen molar-refractivity contribution in [2.45, 2.75) is 38.7 Å². The van der Waals surface area contributed by atoms with Gasteiger partial charge in [-0.3, -0.25) is 9.63 Å². The third kappa shape index (κ3) is 1.99. The van der Waals surface area contributed by atoms with Crippen molar-refractivity contribution in [3.8, 4) is 0 Å². The maximum absolute atomic E-state index is 10.6. The fourth-order valence-electron chi connectivity index (χ4n) is 0.710. The van der Waals surface area contributed by atoms with Crippen molar-refractivity contribution in [2.24, 2.45) is 0 Å². The average molecular weight is 143 g/mol. The Morgan fingerprint density at radius 3 is 2.80 bits per heavy atom. The summed E-state index contributed by atoms with van der Waals surface area (Å²) in [4.78, 5) is 15.7. The monoisotopic (exact) mass is 143 g/mol. The summed E-state index contributed by atoms with van der Waals surface area (Å²) in [6.45, 7) is 1.81. The Hall–Kier alpha value is -0.570. The summed E-state index contributed by atoms with van der Waals surface area (Å²) in [5.41, 5.74) is 2.40. The molecule has 58 valence electrons. The van der Waals surface area contributed by atoms with Crippen molar-refractivity contribution >= 4 is 5.91 Å². The Bertz CT molecular complexity index is 121. The molecule has 0 radical (unpaired) electrons. The predicted molar refractivity (Wildman–Crippen MR) is 37.2 cm³/mol. The van der Waals surface area contributed by atoms with Gasteiger partial charge >= 0.3 is 0 Å². The molecule has 0 aromatic heterocycles. The zero-order chi connectivity index (χ0) is 7.40. The van der Waals surface area contributed by atoms with Crippen molar-refractivity contribution in [2.75, 3.05) is 0 Å². The van der Waals surface area contributed by atoms with E-state index in [9.17, 15) is 4.79 Å². The summed E-state index contributed by atoms with van der Waals surface area (Å²) in [6.07, 6.45) is 4.18. The van der Waals surface area contributed by atoms with Crippen LogP contribution < -0.4 is 5.48 Å². The van der Waals surface area contributed by atoms with E-state index < -0.39 is 0 Å². The smallest absolute Gasteiger partial charge is 0.243 e. The highest BCUT2D eigenvalue weighted by molar-refractivity contribution is 5.74. The van der Waals surface area contributed by atoms with Gasteiger partial charge in [-0.15, -0.1) is 0 Å². The van der Waals surface area contributed by atoms with E-state index in [1.165, 1.54) is 6.42 Å². The first-order valence-corrected chi connectivity index (χ1v) is 3.77. The van der Waals surface area contributed by atoms with E-state index in [4.69, 9.17) is 4.84 Å². The highest BCUT2D eigenvalue weighted by Crippen LogP contribution is 2.20. The van der Waals surface area contributed by atoms with Gasteiger partial charge in [-0.05, 0) is 19.3 Å². The first-order valence-electron chi connectivity index (χ1n) is 3.77. The molecule has 0 unspecified atom stereocenters. The van der Waals surface area contributed by atoms with Crippen LogP contribution in [-0.2, 0) is 9.63 Å². The van der Waals surface area contributed by atoms with Gasteiger partial charge in [0.2, 0.25) is 5.91 Å². The highest BCUT2D eigenvalue weighted by atomic mass is 16.7. The molecule has 1 rings (SSSR count). The second-order valence-electron chi connectivity index (χ2n) is 2.55. The first-order chi connectivity index (χ1) is 4.83. The summed E-state index contributed by atoms with van der Waals surface area (Å²) in [5, 5.41) is 0. The van der Waals surface area contributed by atoms with E-state index in [0.29, 0.717) is 6.42 Å². The predicted octanol–water partition coefficient (Wildman–Crippen LogP) is 0.997. The number of hydroxylamine groups is 1. The number of hydrogen-bond donors (Lipinski definition) is 1. The Kier molecular flexibility index (Phi) is 2.68. The molecule has 0 aromatic rings. The average Bonchev–Trinajstić information content (AvgIpc) is 1.84. The number of rotatable bonds is 3. The first kappa shape index (κ1) is 7.54. The van der Waals surface area contributed by atoms with E-state index in [2.05, 4.69) is 5.48 Å². The van der Waals surface area contributed by atoms with Crippen LogP contribution in [0.1, 0.15) is 32.6 Å². The zero-order valence-corrected chi connectivity index (χ0v) is 6.22. The Labute approximate surface area is 60.7 Å². The van der Waals surface area contributed by atoms with Crippen LogP contribution in [0.2, 0.25) is 0 Å². The maximum Gasteiger partial charge on any atom is 0.243 e. The van der Waals surface area contributed by atoms with E-state index in [-0.39, 0.29) is 12.0 Å². The number of carbonyl (C=O) groups is 1. The molecule has 0 spiro atoms. The quantitative estimate of drug-likeness (QED) is 0.598. The van der Waals surface area contributed by atoms with Gasteiger partial charge in [-0.2, -0.15) is 0 Å². The minimum absolute atomic E-state index is 0.0353. The molecule has 0 saturated heterocycles. The van der Waals surface area contributed by atoms with Crippen LogP contribution >= 0.6 is 0 Å². The largest absolute Gasteiger partial charge is 0.273 e. The molecule has 0 bridgehead atoms. The summed E-state index contributed by atoms with van der Waals surface area (Å²) < 4.78 is 0. The third-order valence-electron chi connectivity index (χ3n) is 1.71.